The molecule has 2 rings (SSSR count). The third kappa shape index (κ3) is 1.57. The largest absolute Gasteiger partial charge is 0.303 e. The van der Waals surface area contributed by atoms with Crippen molar-refractivity contribution < 1.29 is 4.79 Å². The Morgan fingerprint density at radius 1 is 1.57 bits per heavy atom. The fraction of sp³-hybridized carbons (Fsp3) is 0.417. The maximum atomic E-state index is 10.8. The minimum Gasteiger partial charge on any atom is -0.303 e. The number of halogens is 1. The van der Waals surface area contributed by atoms with E-state index in [1.54, 1.807) is 0 Å². The van der Waals surface area contributed by atoms with E-state index in [4.69, 9.17) is 11.6 Å². The Balaban J connectivity index is 2.37. The van der Waals surface area contributed by atoms with E-state index in [-0.39, 0.29) is 5.92 Å². The summed E-state index contributed by atoms with van der Waals surface area (Å²) in [6.45, 7) is 1.98. The van der Waals surface area contributed by atoms with E-state index >= 15 is 0 Å². The maximum absolute atomic E-state index is 10.8. The van der Waals surface area contributed by atoms with Crippen LogP contribution >= 0.6 is 11.6 Å². The summed E-state index contributed by atoms with van der Waals surface area (Å²) >= 11 is 5.95. The lowest BCUT2D eigenvalue weighted by Crippen LogP contribution is -2.07. The van der Waals surface area contributed by atoms with Gasteiger partial charge < -0.3 is 4.79 Å². The molecule has 14 heavy (non-hydrogen) atoms. The van der Waals surface area contributed by atoms with Gasteiger partial charge in [-0.25, -0.2) is 0 Å². The maximum Gasteiger partial charge on any atom is 0.123 e. The molecule has 0 amide bonds. The molecule has 0 saturated carbocycles. The molecule has 0 fully saturated rings. The zero-order valence-electron chi connectivity index (χ0n) is 8.16. The van der Waals surface area contributed by atoms with Crippen LogP contribution in [0.15, 0.2) is 18.2 Å². The number of aldehydes is 1. The highest BCUT2D eigenvalue weighted by Gasteiger charge is 2.26. The summed E-state index contributed by atoms with van der Waals surface area (Å²) in [7, 11) is 0. The van der Waals surface area contributed by atoms with Crippen LogP contribution in [0.2, 0.25) is 5.02 Å². The number of carbonyl (C=O) groups excluding carboxylic acids is 1. The summed E-state index contributed by atoms with van der Waals surface area (Å²) < 4.78 is 0. The first-order valence-electron chi connectivity index (χ1n) is 4.96. The van der Waals surface area contributed by atoms with Crippen LogP contribution < -0.4 is 0 Å². The number of hydrogen-bond acceptors (Lipinski definition) is 1. The van der Waals surface area contributed by atoms with Gasteiger partial charge in [0.25, 0.3) is 0 Å². The Kier molecular flexibility index (Phi) is 2.60. The summed E-state index contributed by atoms with van der Waals surface area (Å²) in [6, 6.07) is 6.01. The lowest BCUT2D eigenvalue weighted by Gasteiger charge is -2.14. The second-order valence-electron chi connectivity index (χ2n) is 3.98. The van der Waals surface area contributed by atoms with Crippen molar-refractivity contribution in [2.75, 3.05) is 0 Å². The monoisotopic (exact) mass is 208 g/mol. The SMILES string of the molecule is CC(C=O)C1CCc2ccc(Cl)cc21. The Labute approximate surface area is 89.1 Å². The molecule has 1 nitrogen and oxygen atoms in total. The molecule has 0 bridgehead atoms. The van der Waals surface area contributed by atoms with Crippen molar-refractivity contribution in [1.82, 2.24) is 0 Å². The van der Waals surface area contributed by atoms with E-state index in [0.717, 1.165) is 24.2 Å². The van der Waals surface area contributed by atoms with Gasteiger partial charge in [-0.15, -0.1) is 0 Å². The van der Waals surface area contributed by atoms with Crippen LogP contribution in [0.1, 0.15) is 30.4 Å². The van der Waals surface area contributed by atoms with E-state index in [9.17, 15) is 4.79 Å². The number of rotatable bonds is 2. The molecule has 74 valence electrons. The normalized spacial score (nSPS) is 21.7. The predicted molar refractivity (Wildman–Crippen MR) is 57.7 cm³/mol. The van der Waals surface area contributed by atoms with Crippen molar-refractivity contribution in [3.63, 3.8) is 0 Å². The minimum atomic E-state index is 0.106. The lowest BCUT2D eigenvalue weighted by molar-refractivity contribution is -0.111. The second-order valence-corrected chi connectivity index (χ2v) is 4.42. The fourth-order valence-electron chi connectivity index (χ4n) is 2.25. The van der Waals surface area contributed by atoms with Crippen molar-refractivity contribution in [2.45, 2.75) is 25.7 Å². The van der Waals surface area contributed by atoms with Crippen LogP contribution in [0.3, 0.4) is 0 Å². The van der Waals surface area contributed by atoms with Gasteiger partial charge in [-0.05, 0) is 42.0 Å². The topological polar surface area (TPSA) is 17.1 Å². The Morgan fingerprint density at radius 2 is 2.36 bits per heavy atom. The predicted octanol–water partition coefficient (Wildman–Crippen LogP) is 3.20. The molecule has 2 atom stereocenters. The number of aryl methyl sites for hydroxylation is 1. The van der Waals surface area contributed by atoms with Gasteiger partial charge in [-0.1, -0.05) is 24.6 Å². The molecule has 0 aliphatic heterocycles. The molecule has 0 aromatic heterocycles. The molecule has 0 heterocycles. The third-order valence-corrected chi connectivity index (χ3v) is 3.32. The van der Waals surface area contributed by atoms with Crippen LogP contribution in [0, 0.1) is 5.92 Å². The van der Waals surface area contributed by atoms with Crippen LogP contribution in [0.5, 0.6) is 0 Å². The van der Waals surface area contributed by atoms with Crippen LogP contribution in [-0.4, -0.2) is 6.29 Å². The van der Waals surface area contributed by atoms with E-state index in [2.05, 4.69) is 6.07 Å². The van der Waals surface area contributed by atoms with E-state index in [1.807, 2.05) is 19.1 Å². The number of benzene rings is 1. The molecule has 0 N–H and O–H groups in total. The first-order valence-corrected chi connectivity index (χ1v) is 5.34. The van der Waals surface area contributed by atoms with E-state index < -0.39 is 0 Å². The first kappa shape index (κ1) is 9.72. The zero-order valence-corrected chi connectivity index (χ0v) is 8.92. The van der Waals surface area contributed by atoms with Gasteiger partial charge in [0, 0.05) is 10.9 Å². The summed E-state index contributed by atoms with van der Waals surface area (Å²) in [5.41, 5.74) is 2.63. The highest BCUT2D eigenvalue weighted by Crippen LogP contribution is 2.38. The van der Waals surface area contributed by atoms with Crippen LogP contribution in [-0.2, 0) is 11.2 Å². The fourth-order valence-corrected chi connectivity index (χ4v) is 2.43. The van der Waals surface area contributed by atoms with Crippen LogP contribution in [0.25, 0.3) is 0 Å². The summed E-state index contributed by atoms with van der Waals surface area (Å²) in [5, 5.41) is 0.772. The van der Waals surface area contributed by atoms with Gasteiger partial charge in [-0.3, -0.25) is 0 Å². The standard InChI is InChI=1S/C12H13ClO/c1-8(7-14)11-5-3-9-2-4-10(13)6-12(9)11/h2,4,6-8,11H,3,5H2,1H3. The summed E-state index contributed by atoms with van der Waals surface area (Å²) in [6.07, 6.45) is 3.20. The van der Waals surface area contributed by atoms with Crippen molar-refractivity contribution in [2.24, 2.45) is 5.92 Å². The number of fused-ring (bicyclic) bond motifs is 1. The minimum absolute atomic E-state index is 0.106. The smallest absolute Gasteiger partial charge is 0.123 e. The van der Waals surface area contributed by atoms with E-state index in [0.29, 0.717) is 5.92 Å². The second kappa shape index (κ2) is 3.74. The van der Waals surface area contributed by atoms with Crippen molar-refractivity contribution in [1.29, 1.82) is 0 Å². The first-order chi connectivity index (χ1) is 6.72. The number of hydrogen-bond donors (Lipinski definition) is 0. The Bertz CT molecular complexity index is 359. The van der Waals surface area contributed by atoms with Gasteiger partial charge >= 0.3 is 0 Å². The lowest BCUT2D eigenvalue weighted by atomic mass is 9.90. The molecule has 1 aliphatic carbocycles. The van der Waals surface area contributed by atoms with Gasteiger partial charge in [0.2, 0.25) is 0 Å². The molecule has 1 aliphatic rings. The summed E-state index contributed by atoms with van der Waals surface area (Å²) in [4.78, 5) is 10.8. The Morgan fingerprint density at radius 3 is 3.07 bits per heavy atom. The van der Waals surface area contributed by atoms with Gasteiger partial charge in [0.05, 0.1) is 0 Å². The van der Waals surface area contributed by atoms with Crippen LogP contribution in [0.4, 0.5) is 0 Å². The third-order valence-electron chi connectivity index (χ3n) is 3.08. The van der Waals surface area contributed by atoms with Crippen molar-refractivity contribution >= 4 is 17.9 Å². The molecule has 0 radical (unpaired) electrons. The van der Waals surface area contributed by atoms with Gasteiger partial charge in [0.15, 0.2) is 0 Å². The molecule has 1 aromatic rings. The highest BCUT2D eigenvalue weighted by molar-refractivity contribution is 6.30. The molecule has 2 unspecified atom stereocenters. The summed E-state index contributed by atoms with van der Waals surface area (Å²) in [5.74, 6) is 0.482. The average Bonchev–Trinajstić information content (AvgIpc) is 2.59. The molecule has 0 spiro atoms. The highest BCUT2D eigenvalue weighted by atomic mass is 35.5. The quantitative estimate of drug-likeness (QED) is 0.683. The number of carbonyl (C=O) groups is 1. The molecular weight excluding hydrogens is 196 g/mol. The average molecular weight is 209 g/mol. The molecular formula is C12H13ClO. The van der Waals surface area contributed by atoms with Crippen molar-refractivity contribution in [3.05, 3.63) is 34.3 Å². The Hall–Kier alpha value is -0.820. The molecule has 0 saturated heterocycles. The molecule has 2 heteroatoms. The molecule has 1 aromatic carbocycles. The zero-order chi connectivity index (χ0) is 10.1. The van der Waals surface area contributed by atoms with Gasteiger partial charge in [-0.2, -0.15) is 0 Å². The van der Waals surface area contributed by atoms with Crippen molar-refractivity contribution in [3.8, 4) is 0 Å². The van der Waals surface area contributed by atoms with E-state index in [1.165, 1.54) is 11.1 Å². The van der Waals surface area contributed by atoms with Gasteiger partial charge in [0.1, 0.15) is 6.29 Å².